The molecule has 1 N–H and O–H groups in total. The molecule has 4 fully saturated rings. The third-order valence-electron chi connectivity index (χ3n) is 12.2. The van der Waals surface area contributed by atoms with Gasteiger partial charge < -0.3 is 30.0 Å². The van der Waals surface area contributed by atoms with Gasteiger partial charge in [0.05, 0.1) is 29.6 Å². The predicted octanol–water partition coefficient (Wildman–Crippen LogP) is 8.61. The van der Waals surface area contributed by atoms with E-state index in [1.807, 2.05) is 19.1 Å². The van der Waals surface area contributed by atoms with Crippen LogP contribution in [-0.4, -0.2) is 111 Å². The summed E-state index contributed by atoms with van der Waals surface area (Å²) >= 11 is 17.9. The van der Waals surface area contributed by atoms with Gasteiger partial charge in [0, 0.05) is 60.4 Å². The van der Waals surface area contributed by atoms with Crippen molar-refractivity contribution in [3.05, 3.63) is 113 Å². The first-order valence-corrected chi connectivity index (χ1v) is 20.9. The van der Waals surface area contributed by atoms with Gasteiger partial charge in [-0.2, -0.15) is 0 Å². The molecule has 2 amide bonds. The zero-order valence-electron chi connectivity index (χ0n) is 33.2. The second-order valence-electron chi connectivity index (χ2n) is 15.8. The van der Waals surface area contributed by atoms with Gasteiger partial charge in [0.2, 0.25) is 0 Å². The van der Waals surface area contributed by atoms with Gasteiger partial charge in [-0.15, -0.1) is 5.10 Å². The topological polar surface area (TPSA) is 180 Å². The van der Waals surface area contributed by atoms with E-state index in [9.17, 15) is 29.8 Å². The molecule has 0 saturated carbocycles. The van der Waals surface area contributed by atoms with E-state index in [1.54, 1.807) is 9.80 Å². The number of piperidine rings is 2. The normalized spacial score (nSPS) is 18.6. The van der Waals surface area contributed by atoms with Gasteiger partial charge in [-0.3, -0.25) is 14.6 Å². The number of amides is 2. The minimum absolute atomic E-state index is 0.0787. The van der Waals surface area contributed by atoms with Gasteiger partial charge in [-0.05, 0) is 134 Å². The molecule has 4 aromatic rings. The average Bonchev–Trinajstić information content (AvgIpc) is 4.05. The number of nitro groups is 2. The summed E-state index contributed by atoms with van der Waals surface area (Å²) in [7, 11) is 0. The van der Waals surface area contributed by atoms with Gasteiger partial charge in [0.1, 0.15) is 0 Å². The predicted molar refractivity (Wildman–Crippen MR) is 225 cm³/mol. The van der Waals surface area contributed by atoms with Crippen LogP contribution in [-0.2, 0) is 13.1 Å². The van der Waals surface area contributed by atoms with Crippen LogP contribution in [0.1, 0.15) is 73.6 Å². The van der Waals surface area contributed by atoms with Crippen LogP contribution in [0.25, 0.3) is 0 Å². The Hall–Kier alpha value is -4.61. The monoisotopic (exact) mass is 870 g/mol. The highest BCUT2D eigenvalue weighted by Crippen LogP contribution is 2.41. The Morgan fingerprint density at radius 1 is 0.729 bits per heavy atom. The quantitative estimate of drug-likeness (QED) is 0.0853. The van der Waals surface area contributed by atoms with E-state index in [1.165, 1.54) is 48.5 Å². The summed E-state index contributed by atoms with van der Waals surface area (Å²) in [4.78, 5) is 52.1. The molecular weight excluding hydrogens is 823 g/mol. The lowest BCUT2D eigenvalue weighted by Gasteiger charge is -2.45. The molecule has 4 aliphatic rings. The number of aromatic nitrogens is 4. The first kappa shape index (κ1) is 44.0. The highest BCUT2D eigenvalue weighted by atomic mass is 35.5. The Morgan fingerprint density at radius 3 is 1.63 bits per heavy atom. The van der Waals surface area contributed by atoms with Gasteiger partial charge >= 0.3 is 23.0 Å². The highest BCUT2D eigenvalue weighted by molar-refractivity contribution is 6.62. The smallest absolute Gasteiger partial charge is 0.358 e. The standard InChI is InChI=1S/C20H24ClN5O3.C17H22Cl2N2O.C3H3N3O2/c1-15-13-16(3-4-17(15)21)14-24-9-2-6-20(24)7-11-23(12-8-20)19(27)25-10-5-18(22-25)26(28)29;1-13-11-14(3-4-15(13)18)12-21-8-2-5-17(21)6-9-20(10-7-17)16(19)22;7-6(8)3-1-2-4-5-3/h3-5,10,13H,2,6-9,11-12,14H2,1H3;3-4,11H,2,5-10,12H2,1H3;1-2H,(H,4,5). The number of hydrogen-bond donors (Lipinski definition) is 1. The maximum Gasteiger partial charge on any atom is 0.390 e. The summed E-state index contributed by atoms with van der Waals surface area (Å²) in [5.74, 6) is -0.392. The molecule has 8 rings (SSSR count). The van der Waals surface area contributed by atoms with Crippen molar-refractivity contribution in [3.63, 3.8) is 0 Å². The molecule has 0 unspecified atom stereocenters. The molecule has 4 aliphatic heterocycles. The molecule has 0 aliphatic carbocycles. The molecule has 2 spiro atoms. The van der Waals surface area contributed by atoms with E-state index in [0.717, 1.165) is 104 Å². The second kappa shape index (κ2) is 19.2. The molecule has 2 aromatic heterocycles. The van der Waals surface area contributed by atoms with Crippen molar-refractivity contribution in [2.24, 2.45) is 0 Å². The fraction of sp³-hybridized carbons (Fsp3) is 0.500. The number of benzene rings is 2. The summed E-state index contributed by atoms with van der Waals surface area (Å²) in [6, 6.07) is 14.7. The van der Waals surface area contributed by atoms with Gasteiger partial charge in [0.25, 0.3) is 0 Å². The number of carbonyl (C=O) groups excluding carboxylic acids is 2. The molecule has 19 heteroatoms. The average molecular weight is 872 g/mol. The summed E-state index contributed by atoms with van der Waals surface area (Å²) in [6.07, 6.45) is 11.3. The Morgan fingerprint density at radius 2 is 1.24 bits per heavy atom. The number of H-pyrrole nitrogens is 1. The van der Waals surface area contributed by atoms with Crippen LogP contribution in [0.2, 0.25) is 10.0 Å². The van der Waals surface area contributed by atoms with E-state index in [0.29, 0.717) is 13.1 Å². The third kappa shape index (κ3) is 10.6. The van der Waals surface area contributed by atoms with E-state index < -0.39 is 9.85 Å². The fourth-order valence-corrected chi connectivity index (χ4v) is 9.30. The Kier molecular flexibility index (Phi) is 14.3. The Labute approximate surface area is 357 Å². The largest absolute Gasteiger partial charge is 0.390 e. The number of hydrogen-bond acceptors (Lipinski definition) is 10. The maximum atomic E-state index is 12.7. The van der Waals surface area contributed by atoms with Crippen molar-refractivity contribution in [3.8, 4) is 0 Å². The molecule has 16 nitrogen and oxygen atoms in total. The first-order chi connectivity index (χ1) is 28.2. The molecule has 6 heterocycles. The summed E-state index contributed by atoms with van der Waals surface area (Å²) < 4.78 is 1.07. The van der Waals surface area contributed by atoms with E-state index in [2.05, 4.69) is 56.3 Å². The number of likely N-dealkylation sites (tertiary alicyclic amines) is 4. The highest BCUT2D eigenvalue weighted by Gasteiger charge is 2.45. The molecule has 59 heavy (non-hydrogen) atoms. The molecule has 4 saturated heterocycles. The van der Waals surface area contributed by atoms with Crippen molar-refractivity contribution in [1.29, 1.82) is 0 Å². The van der Waals surface area contributed by atoms with Gasteiger partial charge in [0.15, 0.2) is 0 Å². The number of nitrogens with one attached hydrogen (secondary N) is 1. The third-order valence-corrected chi connectivity index (χ3v) is 13.3. The second-order valence-corrected chi connectivity index (χ2v) is 16.9. The number of aromatic amines is 1. The van der Waals surface area contributed by atoms with E-state index >= 15 is 0 Å². The van der Waals surface area contributed by atoms with Crippen molar-refractivity contribution in [2.75, 3.05) is 39.3 Å². The first-order valence-electron chi connectivity index (χ1n) is 19.8. The number of rotatable bonds is 6. The summed E-state index contributed by atoms with van der Waals surface area (Å²) in [5.41, 5.74) is 5.16. The number of aryl methyl sites for hydroxylation is 2. The molecule has 2 aromatic carbocycles. The lowest BCUT2D eigenvalue weighted by molar-refractivity contribution is -0.389. The summed E-state index contributed by atoms with van der Waals surface area (Å²) in [5, 5.41) is 31.2. The van der Waals surface area contributed by atoms with Crippen LogP contribution in [0.4, 0.5) is 21.2 Å². The van der Waals surface area contributed by atoms with Crippen molar-refractivity contribution >= 4 is 57.8 Å². The van der Waals surface area contributed by atoms with E-state index in [4.69, 9.17) is 34.8 Å². The van der Waals surface area contributed by atoms with Crippen LogP contribution in [0.15, 0.2) is 60.9 Å². The zero-order valence-corrected chi connectivity index (χ0v) is 35.5. The van der Waals surface area contributed by atoms with Gasteiger partial charge in [-0.1, -0.05) is 57.2 Å². The van der Waals surface area contributed by atoms with E-state index in [-0.39, 0.29) is 34.1 Å². The SMILES string of the molecule is Cc1cc(CN2CCCC23CCN(C(=O)Cl)CC3)ccc1Cl.Cc1cc(CN2CCCC23CCN(C(=O)n2ccc([N+](=O)[O-])n2)CC3)ccc1Cl.O=[N+]([O-])c1ccn[nH]1. The van der Waals surface area contributed by atoms with Crippen LogP contribution < -0.4 is 0 Å². The molecular formula is C40H49Cl3N10O6. The molecule has 0 radical (unpaired) electrons. The zero-order chi connectivity index (χ0) is 42.3. The van der Waals surface area contributed by atoms with Crippen molar-refractivity contribution < 1.29 is 19.4 Å². The molecule has 0 atom stereocenters. The van der Waals surface area contributed by atoms with Crippen molar-refractivity contribution in [2.45, 2.75) is 89.4 Å². The van der Waals surface area contributed by atoms with Crippen LogP contribution in [0, 0.1) is 34.1 Å². The number of nitrogens with zero attached hydrogens (tertiary/aromatic N) is 9. The minimum atomic E-state index is -0.593. The molecule has 316 valence electrons. The minimum Gasteiger partial charge on any atom is -0.358 e. The Bertz CT molecular complexity index is 2120. The van der Waals surface area contributed by atoms with Gasteiger partial charge in [-0.25, -0.2) is 4.79 Å². The maximum absolute atomic E-state index is 12.7. The molecule has 0 bridgehead atoms. The van der Waals surface area contributed by atoms with Crippen LogP contribution >= 0.6 is 34.8 Å². The lowest BCUT2D eigenvalue weighted by atomic mass is 9.84. The fourth-order valence-electron chi connectivity index (χ4n) is 8.89. The lowest BCUT2D eigenvalue weighted by Crippen LogP contribution is -2.53. The Balaban J connectivity index is 0.000000171. The van der Waals surface area contributed by atoms with Crippen LogP contribution in [0.3, 0.4) is 0 Å². The van der Waals surface area contributed by atoms with Crippen LogP contribution in [0.5, 0.6) is 0 Å². The number of carbonyl (C=O) groups is 2. The van der Waals surface area contributed by atoms with Crippen molar-refractivity contribution in [1.82, 2.24) is 39.6 Å². The number of halogens is 3. The summed E-state index contributed by atoms with van der Waals surface area (Å²) in [6.45, 7) is 10.9.